The Bertz CT molecular complexity index is 492. The summed E-state index contributed by atoms with van der Waals surface area (Å²) in [4.78, 5) is 16.2. The molecule has 104 valence electrons. The lowest BCUT2D eigenvalue weighted by molar-refractivity contribution is -0.127. The Labute approximate surface area is 122 Å². The molecule has 5 heteroatoms. The van der Waals surface area contributed by atoms with Gasteiger partial charge in [0.15, 0.2) is 0 Å². The van der Waals surface area contributed by atoms with Gasteiger partial charge in [-0.2, -0.15) is 0 Å². The summed E-state index contributed by atoms with van der Waals surface area (Å²) in [6.45, 7) is 4.64. The van der Waals surface area contributed by atoms with E-state index in [1.165, 1.54) is 0 Å². The van der Waals surface area contributed by atoms with Gasteiger partial charge in [0.25, 0.3) is 0 Å². The summed E-state index contributed by atoms with van der Waals surface area (Å²) in [6.07, 6.45) is 0. The van der Waals surface area contributed by atoms with Gasteiger partial charge in [-0.1, -0.05) is 15.9 Å². The molecule has 1 aliphatic heterocycles. The quantitative estimate of drug-likeness (QED) is 0.901. The number of likely N-dealkylation sites (N-methyl/N-ethyl adjacent to an activating group) is 1. The highest BCUT2D eigenvalue weighted by Crippen LogP contribution is 2.27. The molecular formula is C14H19BrN2O2. The number of benzene rings is 1. The van der Waals surface area contributed by atoms with Gasteiger partial charge in [-0.3, -0.25) is 9.69 Å². The lowest BCUT2D eigenvalue weighted by atomic mass is 10.1. The minimum atomic E-state index is -0.444. The molecule has 1 N–H and O–H groups in total. The van der Waals surface area contributed by atoms with Gasteiger partial charge in [0.2, 0.25) is 5.91 Å². The maximum Gasteiger partial charge on any atom is 0.247 e. The molecule has 1 aromatic rings. The van der Waals surface area contributed by atoms with E-state index in [1.54, 1.807) is 4.90 Å². The summed E-state index contributed by atoms with van der Waals surface area (Å²) in [5.41, 5.74) is 1.99. The molecule has 1 saturated heterocycles. The van der Waals surface area contributed by atoms with Crippen molar-refractivity contribution in [2.24, 2.45) is 0 Å². The Morgan fingerprint density at radius 1 is 1.47 bits per heavy atom. The summed E-state index contributed by atoms with van der Waals surface area (Å²) in [6, 6.07) is 5.54. The van der Waals surface area contributed by atoms with E-state index in [1.807, 2.05) is 44.0 Å². The molecular weight excluding hydrogens is 308 g/mol. The molecule has 0 radical (unpaired) electrons. The normalized spacial score (nSPS) is 24.9. The van der Waals surface area contributed by atoms with E-state index in [-0.39, 0.29) is 18.6 Å². The predicted octanol–water partition coefficient (Wildman–Crippen LogP) is 1.79. The zero-order valence-corrected chi connectivity index (χ0v) is 13.0. The van der Waals surface area contributed by atoms with Crippen molar-refractivity contribution in [3.05, 3.63) is 28.2 Å². The van der Waals surface area contributed by atoms with Crippen LogP contribution < -0.4 is 4.90 Å². The number of amides is 1. The largest absolute Gasteiger partial charge is 0.394 e. The Hall–Kier alpha value is -0.910. The van der Waals surface area contributed by atoms with E-state index in [9.17, 15) is 9.90 Å². The topological polar surface area (TPSA) is 43.8 Å². The summed E-state index contributed by atoms with van der Waals surface area (Å²) < 4.78 is 1.03. The van der Waals surface area contributed by atoms with Crippen LogP contribution >= 0.6 is 15.9 Å². The number of carbonyl (C=O) groups is 1. The molecule has 1 aromatic carbocycles. The number of hydrogen-bond donors (Lipinski definition) is 1. The van der Waals surface area contributed by atoms with Crippen LogP contribution in [0.15, 0.2) is 22.7 Å². The van der Waals surface area contributed by atoms with E-state index in [2.05, 4.69) is 15.9 Å². The fourth-order valence-electron chi connectivity index (χ4n) is 2.57. The summed E-state index contributed by atoms with van der Waals surface area (Å²) >= 11 is 3.47. The minimum absolute atomic E-state index is 0.0366. The van der Waals surface area contributed by atoms with E-state index >= 15 is 0 Å². The standard InChI is InChI=1S/C14H19BrN2O2/c1-9-6-11(4-5-12(9)15)17-10(2)7-16(3)13(8-18)14(17)19/h4-6,10,13,18H,7-8H2,1-3H3. The molecule has 0 spiro atoms. The number of rotatable bonds is 2. The molecule has 0 saturated carbocycles. The number of nitrogens with zero attached hydrogens (tertiary/aromatic N) is 2. The SMILES string of the molecule is Cc1cc(N2C(=O)C(CO)N(C)CC2C)ccc1Br. The van der Waals surface area contributed by atoms with Crippen LogP contribution in [0.4, 0.5) is 5.69 Å². The Kier molecular flexibility index (Phi) is 4.28. The van der Waals surface area contributed by atoms with Gasteiger partial charge in [-0.05, 0) is 44.7 Å². The van der Waals surface area contributed by atoms with Gasteiger partial charge in [-0.25, -0.2) is 0 Å². The van der Waals surface area contributed by atoms with Crippen molar-refractivity contribution in [1.29, 1.82) is 0 Å². The van der Waals surface area contributed by atoms with E-state index in [0.29, 0.717) is 0 Å². The van der Waals surface area contributed by atoms with Crippen molar-refractivity contribution >= 4 is 27.5 Å². The van der Waals surface area contributed by atoms with Gasteiger partial charge in [0, 0.05) is 22.7 Å². The van der Waals surface area contributed by atoms with Gasteiger partial charge in [0.05, 0.1) is 6.61 Å². The number of halogens is 1. The van der Waals surface area contributed by atoms with Crippen LogP contribution in [0.2, 0.25) is 0 Å². The first-order valence-electron chi connectivity index (χ1n) is 6.36. The molecule has 1 heterocycles. The van der Waals surface area contributed by atoms with Crippen LogP contribution in [0, 0.1) is 6.92 Å². The van der Waals surface area contributed by atoms with Crippen molar-refractivity contribution in [3.8, 4) is 0 Å². The average molecular weight is 327 g/mol. The zero-order valence-electron chi connectivity index (χ0n) is 11.4. The molecule has 0 aromatic heterocycles. The second kappa shape index (κ2) is 5.61. The first kappa shape index (κ1) is 14.5. The summed E-state index contributed by atoms with van der Waals surface area (Å²) in [7, 11) is 1.87. The van der Waals surface area contributed by atoms with Crippen LogP contribution in [0.5, 0.6) is 0 Å². The Balaban J connectivity index is 2.36. The molecule has 0 bridgehead atoms. The van der Waals surface area contributed by atoms with E-state index < -0.39 is 6.04 Å². The maximum absolute atomic E-state index is 12.5. The number of hydrogen-bond acceptors (Lipinski definition) is 3. The van der Waals surface area contributed by atoms with Gasteiger partial charge >= 0.3 is 0 Å². The third-order valence-electron chi connectivity index (χ3n) is 3.64. The number of aliphatic hydroxyl groups is 1. The van der Waals surface area contributed by atoms with Gasteiger partial charge in [0.1, 0.15) is 6.04 Å². The fourth-order valence-corrected chi connectivity index (χ4v) is 2.82. The number of aryl methyl sites for hydroxylation is 1. The van der Waals surface area contributed by atoms with Gasteiger partial charge < -0.3 is 10.0 Å². The Morgan fingerprint density at radius 2 is 2.16 bits per heavy atom. The average Bonchev–Trinajstić information content (AvgIpc) is 2.33. The third-order valence-corrected chi connectivity index (χ3v) is 4.53. The van der Waals surface area contributed by atoms with Crippen LogP contribution in [-0.2, 0) is 4.79 Å². The fraction of sp³-hybridized carbons (Fsp3) is 0.500. The molecule has 1 aliphatic rings. The van der Waals surface area contributed by atoms with Gasteiger partial charge in [-0.15, -0.1) is 0 Å². The van der Waals surface area contributed by atoms with E-state index in [0.717, 1.165) is 22.3 Å². The van der Waals surface area contributed by atoms with Crippen molar-refractivity contribution < 1.29 is 9.90 Å². The summed E-state index contributed by atoms with van der Waals surface area (Å²) in [5, 5.41) is 9.38. The number of carbonyl (C=O) groups excluding carboxylic acids is 1. The molecule has 2 unspecified atom stereocenters. The van der Waals surface area contributed by atoms with Crippen LogP contribution in [-0.4, -0.2) is 48.2 Å². The van der Waals surface area contributed by atoms with Crippen molar-refractivity contribution in [3.63, 3.8) is 0 Å². The van der Waals surface area contributed by atoms with Crippen molar-refractivity contribution in [1.82, 2.24) is 4.90 Å². The highest BCUT2D eigenvalue weighted by molar-refractivity contribution is 9.10. The highest BCUT2D eigenvalue weighted by atomic mass is 79.9. The van der Waals surface area contributed by atoms with Crippen molar-refractivity contribution in [2.75, 3.05) is 25.1 Å². The maximum atomic E-state index is 12.5. The summed E-state index contributed by atoms with van der Waals surface area (Å²) in [5.74, 6) is -0.0366. The number of piperazine rings is 1. The third kappa shape index (κ3) is 2.68. The molecule has 0 aliphatic carbocycles. The lowest BCUT2D eigenvalue weighted by Gasteiger charge is -2.42. The lowest BCUT2D eigenvalue weighted by Crippen LogP contribution is -2.61. The monoisotopic (exact) mass is 326 g/mol. The second-order valence-corrected chi connectivity index (χ2v) is 5.98. The minimum Gasteiger partial charge on any atom is -0.394 e. The Morgan fingerprint density at radius 3 is 2.74 bits per heavy atom. The molecule has 4 nitrogen and oxygen atoms in total. The van der Waals surface area contributed by atoms with Crippen molar-refractivity contribution in [2.45, 2.75) is 25.9 Å². The number of aliphatic hydroxyl groups excluding tert-OH is 1. The highest BCUT2D eigenvalue weighted by Gasteiger charge is 2.37. The molecule has 1 fully saturated rings. The first-order valence-corrected chi connectivity index (χ1v) is 7.15. The number of anilines is 1. The molecule has 1 amide bonds. The van der Waals surface area contributed by atoms with E-state index in [4.69, 9.17) is 0 Å². The molecule has 19 heavy (non-hydrogen) atoms. The zero-order chi connectivity index (χ0) is 14.2. The van der Waals surface area contributed by atoms with Crippen LogP contribution in [0.1, 0.15) is 12.5 Å². The molecule has 2 atom stereocenters. The van der Waals surface area contributed by atoms with Crippen LogP contribution in [0.3, 0.4) is 0 Å². The second-order valence-electron chi connectivity index (χ2n) is 5.13. The first-order chi connectivity index (χ1) is 8.95. The van der Waals surface area contributed by atoms with Crippen LogP contribution in [0.25, 0.3) is 0 Å². The molecule has 2 rings (SSSR count). The predicted molar refractivity (Wildman–Crippen MR) is 79.3 cm³/mol. The smallest absolute Gasteiger partial charge is 0.247 e.